The van der Waals surface area contributed by atoms with Gasteiger partial charge in [-0.3, -0.25) is 0 Å². The highest BCUT2D eigenvalue weighted by atomic mass is 15.5. The molecule has 2 aromatic heterocycles. The van der Waals surface area contributed by atoms with E-state index in [0.29, 0.717) is 17.3 Å². The number of hydrogen-bond acceptors (Lipinski definition) is 5. The van der Waals surface area contributed by atoms with Gasteiger partial charge in [0.15, 0.2) is 5.82 Å². The Morgan fingerprint density at radius 2 is 1.86 bits per heavy atom. The molecule has 0 spiro atoms. The minimum atomic E-state index is 0.332. The van der Waals surface area contributed by atoms with E-state index >= 15 is 0 Å². The van der Waals surface area contributed by atoms with E-state index in [0.717, 1.165) is 5.56 Å². The first-order valence-electron chi connectivity index (χ1n) is 4.08. The molecule has 2 rings (SSSR count). The van der Waals surface area contributed by atoms with Crippen LogP contribution in [0.4, 0.5) is 11.6 Å². The summed E-state index contributed by atoms with van der Waals surface area (Å²) in [6.07, 6.45) is 3.16. The Kier molecular flexibility index (Phi) is 1.81. The Morgan fingerprint density at radius 1 is 1.21 bits per heavy atom. The quantitative estimate of drug-likeness (QED) is 0.666. The van der Waals surface area contributed by atoms with Crippen molar-refractivity contribution < 1.29 is 0 Å². The second kappa shape index (κ2) is 2.99. The molecule has 14 heavy (non-hydrogen) atoms. The molecule has 6 nitrogen and oxygen atoms in total. The number of anilines is 2. The number of pyridine rings is 1. The van der Waals surface area contributed by atoms with E-state index in [4.69, 9.17) is 11.5 Å². The van der Waals surface area contributed by atoms with Crippen molar-refractivity contribution in [1.29, 1.82) is 0 Å². The second-order valence-electron chi connectivity index (χ2n) is 2.92. The molecular weight excluding hydrogens is 180 g/mol. The third kappa shape index (κ3) is 1.26. The molecule has 0 radical (unpaired) electrons. The van der Waals surface area contributed by atoms with Crippen molar-refractivity contribution in [2.24, 2.45) is 0 Å². The van der Waals surface area contributed by atoms with Gasteiger partial charge in [-0.1, -0.05) is 0 Å². The van der Waals surface area contributed by atoms with E-state index in [2.05, 4.69) is 15.2 Å². The SMILES string of the molecule is Cc1cc(N)nc(N)c1-n1nccn1. The third-order valence-electron chi connectivity index (χ3n) is 1.85. The first kappa shape index (κ1) is 8.49. The largest absolute Gasteiger partial charge is 0.384 e. The molecule has 0 atom stereocenters. The molecule has 0 aliphatic heterocycles. The average Bonchev–Trinajstić information content (AvgIpc) is 2.54. The fraction of sp³-hybridized carbons (Fsp3) is 0.125. The van der Waals surface area contributed by atoms with Crippen LogP contribution in [-0.2, 0) is 0 Å². The molecule has 0 bridgehead atoms. The number of nitrogens with two attached hydrogens (primary N) is 2. The molecule has 2 aromatic rings. The average molecular weight is 190 g/mol. The van der Waals surface area contributed by atoms with Crippen LogP contribution in [0.15, 0.2) is 18.5 Å². The number of hydrogen-bond donors (Lipinski definition) is 2. The second-order valence-corrected chi connectivity index (χ2v) is 2.92. The first-order chi connectivity index (χ1) is 6.68. The monoisotopic (exact) mass is 190 g/mol. The lowest BCUT2D eigenvalue weighted by Gasteiger charge is -2.07. The summed E-state index contributed by atoms with van der Waals surface area (Å²) >= 11 is 0. The van der Waals surface area contributed by atoms with Gasteiger partial charge >= 0.3 is 0 Å². The van der Waals surface area contributed by atoms with Gasteiger partial charge in [-0.2, -0.15) is 10.2 Å². The van der Waals surface area contributed by atoms with Crippen LogP contribution in [-0.4, -0.2) is 20.0 Å². The standard InChI is InChI=1S/C8H10N6/c1-5-4-6(9)13-8(10)7(5)14-11-2-3-12-14/h2-4H,1H3,(H4,9,10,13). The van der Waals surface area contributed by atoms with Gasteiger partial charge in [-0.15, -0.1) is 4.80 Å². The van der Waals surface area contributed by atoms with Crippen molar-refractivity contribution >= 4 is 11.6 Å². The molecular formula is C8H10N6. The van der Waals surface area contributed by atoms with E-state index in [-0.39, 0.29) is 0 Å². The highest BCUT2D eigenvalue weighted by Crippen LogP contribution is 2.19. The number of aromatic nitrogens is 4. The molecule has 0 fully saturated rings. The van der Waals surface area contributed by atoms with Crippen molar-refractivity contribution in [1.82, 2.24) is 20.0 Å². The molecule has 0 saturated heterocycles. The zero-order valence-electron chi connectivity index (χ0n) is 7.68. The highest BCUT2D eigenvalue weighted by Gasteiger charge is 2.09. The summed E-state index contributed by atoms with van der Waals surface area (Å²) in [6, 6.07) is 1.73. The Bertz CT molecular complexity index is 424. The van der Waals surface area contributed by atoms with Crippen LogP contribution < -0.4 is 11.5 Å². The molecule has 0 aliphatic rings. The van der Waals surface area contributed by atoms with Gasteiger partial charge in [0.25, 0.3) is 0 Å². The Hall–Kier alpha value is -2.11. The van der Waals surface area contributed by atoms with Crippen LogP contribution >= 0.6 is 0 Å². The van der Waals surface area contributed by atoms with Crippen LogP contribution in [0.25, 0.3) is 5.69 Å². The van der Waals surface area contributed by atoms with Crippen molar-refractivity contribution in [3.05, 3.63) is 24.0 Å². The predicted octanol–water partition coefficient (Wildman–Crippen LogP) is 0.135. The maximum atomic E-state index is 5.72. The maximum absolute atomic E-state index is 5.72. The van der Waals surface area contributed by atoms with Gasteiger partial charge in [0.1, 0.15) is 11.5 Å². The van der Waals surface area contributed by atoms with E-state index < -0.39 is 0 Å². The molecule has 0 unspecified atom stereocenters. The van der Waals surface area contributed by atoms with Gasteiger partial charge in [0, 0.05) is 0 Å². The summed E-state index contributed by atoms with van der Waals surface area (Å²) in [4.78, 5) is 5.37. The van der Waals surface area contributed by atoms with Crippen LogP contribution in [0.5, 0.6) is 0 Å². The van der Waals surface area contributed by atoms with Crippen LogP contribution in [0.1, 0.15) is 5.56 Å². The number of rotatable bonds is 1. The number of nitrogens with zero attached hydrogens (tertiary/aromatic N) is 4. The molecule has 72 valence electrons. The van der Waals surface area contributed by atoms with E-state index in [1.807, 2.05) is 6.92 Å². The van der Waals surface area contributed by atoms with Crippen molar-refractivity contribution in [2.45, 2.75) is 6.92 Å². The Labute approximate surface area is 80.5 Å². The van der Waals surface area contributed by atoms with Crippen molar-refractivity contribution in [3.63, 3.8) is 0 Å². The van der Waals surface area contributed by atoms with Gasteiger partial charge in [-0.05, 0) is 18.6 Å². The number of aryl methyl sites for hydroxylation is 1. The molecule has 0 saturated carbocycles. The molecule has 2 heterocycles. The summed E-state index contributed by atoms with van der Waals surface area (Å²) in [5.74, 6) is 0.731. The van der Waals surface area contributed by atoms with E-state index in [1.165, 1.54) is 4.80 Å². The van der Waals surface area contributed by atoms with Gasteiger partial charge in [0.2, 0.25) is 0 Å². The van der Waals surface area contributed by atoms with Crippen molar-refractivity contribution in [2.75, 3.05) is 11.5 Å². The Morgan fingerprint density at radius 3 is 2.43 bits per heavy atom. The molecule has 0 aromatic carbocycles. The van der Waals surface area contributed by atoms with Crippen molar-refractivity contribution in [3.8, 4) is 5.69 Å². The van der Waals surface area contributed by atoms with Gasteiger partial charge < -0.3 is 11.5 Å². The van der Waals surface area contributed by atoms with Crippen LogP contribution in [0, 0.1) is 6.92 Å². The molecule has 0 aliphatic carbocycles. The summed E-state index contributed by atoms with van der Waals surface area (Å²) in [5, 5.41) is 7.97. The fourth-order valence-corrected chi connectivity index (χ4v) is 1.31. The molecule has 0 amide bonds. The smallest absolute Gasteiger partial charge is 0.153 e. The molecule has 6 heteroatoms. The number of nitrogen functional groups attached to an aromatic ring is 2. The van der Waals surface area contributed by atoms with E-state index in [1.54, 1.807) is 18.5 Å². The lowest BCUT2D eigenvalue weighted by Crippen LogP contribution is -2.08. The van der Waals surface area contributed by atoms with Gasteiger partial charge in [0.05, 0.1) is 12.4 Å². The lowest BCUT2D eigenvalue weighted by molar-refractivity contribution is 0.746. The zero-order chi connectivity index (χ0) is 10.1. The maximum Gasteiger partial charge on any atom is 0.153 e. The summed E-state index contributed by atoms with van der Waals surface area (Å²) < 4.78 is 0. The summed E-state index contributed by atoms with van der Waals surface area (Å²) in [6.45, 7) is 1.88. The third-order valence-corrected chi connectivity index (χ3v) is 1.85. The van der Waals surface area contributed by atoms with Crippen LogP contribution in [0.3, 0.4) is 0 Å². The zero-order valence-corrected chi connectivity index (χ0v) is 7.68. The molecule has 4 N–H and O–H groups in total. The normalized spacial score (nSPS) is 10.4. The Balaban J connectivity index is 2.64. The summed E-state index contributed by atoms with van der Waals surface area (Å²) in [7, 11) is 0. The predicted molar refractivity (Wildman–Crippen MR) is 52.7 cm³/mol. The topological polar surface area (TPSA) is 95.6 Å². The minimum Gasteiger partial charge on any atom is -0.384 e. The van der Waals surface area contributed by atoms with E-state index in [9.17, 15) is 0 Å². The lowest BCUT2D eigenvalue weighted by atomic mass is 10.2. The minimum absolute atomic E-state index is 0.332. The first-order valence-corrected chi connectivity index (χ1v) is 4.08. The van der Waals surface area contributed by atoms with Crippen LogP contribution in [0.2, 0.25) is 0 Å². The highest BCUT2D eigenvalue weighted by molar-refractivity contribution is 5.59. The van der Waals surface area contributed by atoms with Gasteiger partial charge in [-0.25, -0.2) is 4.98 Å². The fourth-order valence-electron chi connectivity index (χ4n) is 1.31. The summed E-state index contributed by atoms with van der Waals surface area (Å²) in [5.41, 5.74) is 12.8.